The molecule has 3 amide bonds. The molecule has 2 aromatic rings. The highest BCUT2D eigenvalue weighted by Gasteiger charge is 2.30. The molecule has 1 aromatic carbocycles. The Morgan fingerprint density at radius 1 is 0.927 bits per heavy atom. The van der Waals surface area contributed by atoms with Gasteiger partial charge in [-0.25, -0.2) is 4.79 Å². The van der Waals surface area contributed by atoms with E-state index in [0.717, 1.165) is 10.9 Å². The van der Waals surface area contributed by atoms with Gasteiger partial charge in [0.1, 0.15) is 18.1 Å². The molecule has 4 atom stereocenters. The molecular weight excluding hydrogens is 556 g/mol. The standard InChI is InChI=1S/C25H36N8O7S/c26-15(7-8-20(34)35)21(36)31-17(6-3-9-29-25(27)28)22(37)32-18(23(38)33-19(12-41)24(39)40)10-13-11-30-16-5-2-1-4-14(13)16/h1-2,4-5,11,15,17-19,30,41H,3,6-10,12,26H2,(H,31,36)(H,32,37)(H,33,38)(H,34,35)(H,39,40)(H4,27,28,29). The number of hydrogen-bond acceptors (Lipinski definition) is 8. The van der Waals surface area contributed by atoms with Gasteiger partial charge in [0.25, 0.3) is 0 Å². The van der Waals surface area contributed by atoms with Gasteiger partial charge in [-0.1, -0.05) is 18.2 Å². The number of aliphatic carboxylic acids is 2. The Morgan fingerprint density at radius 2 is 1.56 bits per heavy atom. The van der Waals surface area contributed by atoms with Crippen molar-refractivity contribution in [2.45, 2.75) is 56.3 Å². The van der Waals surface area contributed by atoms with Gasteiger partial charge in [-0.3, -0.25) is 24.2 Å². The van der Waals surface area contributed by atoms with Crippen molar-refractivity contribution in [1.82, 2.24) is 20.9 Å². The molecule has 224 valence electrons. The summed E-state index contributed by atoms with van der Waals surface area (Å²) < 4.78 is 0. The molecule has 0 radical (unpaired) electrons. The summed E-state index contributed by atoms with van der Waals surface area (Å²) in [5, 5.41) is 26.6. The molecule has 1 aromatic heterocycles. The summed E-state index contributed by atoms with van der Waals surface area (Å²) in [5.41, 5.74) is 18.0. The number of carboxylic acids is 2. The first kappa shape index (κ1) is 32.9. The van der Waals surface area contributed by atoms with Crippen LogP contribution in [0.4, 0.5) is 0 Å². The number of H-pyrrole nitrogens is 1. The molecule has 16 heteroatoms. The fourth-order valence-electron chi connectivity index (χ4n) is 3.92. The number of aromatic amines is 1. The van der Waals surface area contributed by atoms with Crippen molar-refractivity contribution >= 4 is 59.2 Å². The van der Waals surface area contributed by atoms with Crippen LogP contribution in [0.2, 0.25) is 0 Å². The number of hydrogen-bond donors (Lipinski definition) is 10. The minimum Gasteiger partial charge on any atom is -0.481 e. The number of benzene rings is 1. The minimum absolute atomic E-state index is 0.00666. The van der Waals surface area contributed by atoms with E-state index in [1.54, 1.807) is 6.20 Å². The third-order valence-corrected chi connectivity index (χ3v) is 6.48. The Bertz CT molecular complexity index is 1260. The minimum atomic E-state index is -1.31. The number of fused-ring (bicyclic) bond motifs is 1. The number of carboxylic acid groups (broad SMARTS) is 2. The molecule has 0 aliphatic carbocycles. The number of nitrogens with two attached hydrogens (primary N) is 3. The second-order valence-electron chi connectivity index (χ2n) is 9.26. The van der Waals surface area contributed by atoms with E-state index in [-0.39, 0.29) is 50.4 Å². The van der Waals surface area contributed by atoms with Gasteiger partial charge >= 0.3 is 11.9 Å². The van der Waals surface area contributed by atoms with Crippen molar-refractivity contribution in [3.05, 3.63) is 36.0 Å². The number of carbonyl (C=O) groups is 5. The Morgan fingerprint density at radius 3 is 2.20 bits per heavy atom. The van der Waals surface area contributed by atoms with Crippen LogP contribution in [0.3, 0.4) is 0 Å². The van der Waals surface area contributed by atoms with Gasteiger partial charge in [-0.2, -0.15) is 12.6 Å². The van der Waals surface area contributed by atoms with Gasteiger partial charge < -0.3 is 48.3 Å². The average Bonchev–Trinajstić information content (AvgIpc) is 3.33. The normalized spacial score (nSPS) is 13.8. The van der Waals surface area contributed by atoms with Crippen molar-refractivity contribution in [2.24, 2.45) is 22.2 Å². The number of aromatic nitrogens is 1. The SMILES string of the molecule is NC(N)=NCCCC(NC(=O)C(N)CCC(=O)O)C(=O)NC(Cc1c[nH]c2ccccc12)C(=O)NC(CS)C(=O)O. The van der Waals surface area contributed by atoms with Crippen molar-refractivity contribution in [3.63, 3.8) is 0 Å². The summed E-state index contributed by atoms with van der Waals surface area (Å²) in [7, 11) is 0. The number of amides is 3. The van der Waals surface area contributed by atoms with Gasteiger partial charge in [-0.15, -0.1) is 0 Å². The fraction of sp³-hybridized carbons (Fsp3) is 0.440. The van der Waals surface area contributed by atoms with Crippen LogP contribution in [0, 0.1) is 0 Å². The molecule has 15 nitrogen and oxygen atoms in total. The number of aliphatic imine (C=N–C) groups is 1. The van der Waals surface area contributed by atoms with E-state index in [2.05, 4.69) is 38.6 Å². The third-order valence-electron chi connectivity index (χ3n) is 6.11. The number of carbonyl (C=O) groups excluding carboxylic acids is 3. The summed E-state index contributed by atoms with van der Waals surface area (Å²) >= 11 is 3.97. The highest BCUT2D eigenvalue weighted by atomic mass is 32.1. The Kier molecular flexibility index (Phi) is 12.9. The lowest BCUT2D eigenvalue weighted by Crippen LogP contribution is -2.57. The number of para-hydroxylation sites is 1. The van der Waals surface area contributed by atoms with Gasteiger partial charge in [0.05, 0.1) is 6.04 Å². The zero-order valence-corrected chi connectivity index (χ0v) is 23.1. The second-order valence-corrected chi connectivity index (χ2v) is 9.62. The van der Waals surface area contributed by atoms with Crippen LogP contribution in [-0.2, 0) is 30.4 Å². The highest BCUT2D eigenvalue weighted by Crippen LogP contribution is 2.19. The first-order chi connectivity index (χ1) is 19.4. The molecular formula is C25H36N8O7S. The van der Waals surface area contributed by atoms with Crippen LogP contribution < -0.4 is 33.2 Å². The van der Waals surface area contributed by atoms with Crippen LogP contribution >= 0.6 is 12.6 Å². The van der Waals surface area contributed by atoms with E-state index in [1.807, 2.05) is 24.3 Å². The number of rotatable bonds is 17. The lowest BCUT2D eigenvalue weighted by Gasteiger charge is -2.25. The topological polar surface area (TPSA) is 268 Å². The maximum atomic E-state index is 13.4. The molecule has 4 unspecified atom stereocenters. The number of thiol groups is 1. The van der Waals surface area contributed by atoms with E-state index in [1.165, 1.54) is 0 Å². The first-order valence-corrected chi connectivity index (χ1v) is 13.4. The van der Waals surface area contributed by atoms with E-state index >= 15 is 0 Å². The van der Waals surface area contributed by atoms with Crippen LogP contribution in [0.15, 0.2) is 35.5 Å². The smallest absolute Gasteiger partial charge is 0.327 e. The Balaban J connectivity index is 2.29. The highest BCUT2D eigenvalue weighted by molar-refractivity contribution is 7.80. The van der Waals surface area contributed by atoms with Gasteiger partial charge in [-0.05, 0) is 30.9 Å². The third kappa shape index (κ3) is 10.6. The monoisotopic (exact) mass is 592 g/mol. The van der Waals surface area contributed by atoms with Crippen LogP contribution in [-0.4, -0.2) is 87.3 Å². The van der Waals surface area contributed by atoms with E-state index in [4.69, 9.17) is 22.3 Å². The van der Waals surface area contributed by atoms with Gasteiger partial charge in [0.2, 0.25) is 17.7 Å². The summed E-state index contributed by atoms with van der Waals surface area (Å²) in [6.07, 6.45) is 1.48. The van der Waals surface area contributed by atoms with Crippen molar-refractivity contribution in [1.29, 1.82) is 0 Å². The number of guanidine groups is 1. The molecule has 0 spiro atoms. The number of nitrogens with zero attached hydrogens (tertiary/aromatic N) is 1. The summed E-state index contributed by atoms with van der Waals surface area (Å²) in [6, 6.07) is 2.37. The molecule has 0 saturated carbocycles. The fourth-order valence-corrected chi connectivity index (χ4v) is 4.17. The average molecular weight is 593 g/mol. The van der Waals surface area contributed by atoms with Gasteiger partial charge in [0.15, 0.2) is 5.96 Å². The molecule has 0 bridgehead atoms. The molecule has 12 N–H and O–H groups in total. The van der Waals surface area contributed by atoms with Crippen LogP contribution in [0.5, 0.6) is 0 Å². The van der Waals surface area contributed by atoms with Gasteiger partial charge in [0, 0.05) is 42.2 Å². The largest absolute Gasteiger partial charge is 0.481 e. The predicted octanol–water partition coefficient (Wildman–Crippen LogP) is -1.58. The summed E-state index contributed by atoms with van der Waals surface area (Å²) in [5.74, 6) is -5.05. The van der Waals surface area contributed by atoms with E-state index in [9.17, 15) is 29.1 Å². The molecule has 0 aliphatic rings. The second kappa shape index (κ2) is 16.1. The molecule has 41 heavy (non-hydrogen) atoms. The van der Waals surface area contributed by atoms with E-state index in [0.29, 0.717) is 5.56 Å². The quantitative estimate of drug-likeness (QED) is 0.0436. The van der Waals surface area contributed by atoms with Crippen molar-refractivity contribution in [3.8, 4) is 0 Å². The molecule has 0 fully saturated rings. The van der Waals surface area contributed by atoms with Crippen LogP contribution in [0.1, 0.15) is 31.2 Å². The Labute approximate surface area is 241 Å². The maximum absolute atomic E-state index is 13.4. The maximum Gasteiger partial charge on any atom is 0.327 e. The molecule has 0 saturated heterocycles. The molecule has 2 rings (SSSR count). The lowest BCUT2D eigenvalue weighted by atomic mass is 10.0. The molecule has 1 heterocycles. The van der Waals surface area contributed by atoms with Crippen molar-refractivity contribution < 1.29 is 34.2 Å². The zero-order chi connectivity index (χ0) is 30.5. The van der Waals surface area contributed by atoms with E-state index < -0.39 is 53.8 Å². The summed E-state index contributed by atoms with van der Waals surface area (Å²) in [4.78, 5) is 68.6. The predicted molar refractivity (Wildman–Crippen MR) is 154 cm³/mol. The first-order valence-electron chi connectivity index (χ1n) is 12.8. The lowest BCUT2D eigenvalue weighted by molar-refractivity contribution is -0.141. The van der Waals surface area contributed by atoms with Crippen molar-refractivity contribution in [2.75, 3.05) is 12.3 Å². The zero-order valence-electron chi connectivity index (χ0n) is 22.2. The molecule has 0 aliphatic heterocycles. The number of nitrogens with one attached hydrogen (secondary N) is 4. The summed E-state index contributed by atoms with van der Waals surface area (Å²) in [6.45, 7) is 0.147. The van der Waals surface area contributed by atoms with Crippen LogP contribution in [0.25, 0.3) is 10.9 Å². The Hall–Kier alpha value is -4.31.